The van der Waals surface area contributed by atoms with Crippen LogP contribution in [0.25, 0.3) is 16.7 Å². The standard InChI is InChI=1S/C24H30O/c1-4-18(2)17-19-5-7-20(8-6-19)21-9-11-22(12-10-21)23-13-15-24(25-3)16-14-23/h7,9-16,18-19H,4-6,8,17H2,1-3H3. The van der Waals surface area contributed by atoms with Gasteiger partial charge >= 0.3 is 0 Å². The van der Waals surface area contributed by atoms with Gasteiger partial charge in [0.1, 0.15) is 5.75 Å². The predicted octanol–water partition coefficient (Wildman–Crippen LogP) is 6.98. The number of methoxy groups -OCH3 is 1. The summed E-state index contributed by atoms with van der Waals surface area (Å²) >= 11 is 0. The Labute approximate surface area is 152 Å². The SMILES string of the molecule is CCC(C)CC1CC=C(c2ccc(-c3ccc(OC)cc3)cc2)CC1. The van der Waals surface area contributed by atoms with Crippen molar-refractivity contribution in [1.82, 2.24) is 0 Å². The summed E-state index contributed by atoms with van der Waals surface area (Å²) in [5, 5.41) is 0. The highest BCUT2D eigenvalue weighted by molar-refractivity contribution is 5.71. The van der Waals surface area contributed by atoms with E-state index in [0.717, 1.165) is 17.6 Å². The topological polar surface area (TPSA) is 9.23 Å². The first-order valence-electron chi connectivity index (χ1n) is 9.63. The molecule has 0 saturated heterocycles. The molecule has 2 atom stereocenters. The van der Waals surface area contributed by atoms with Gasteiger partial charge in [-0.3, -0.25) is 0 Å². The van der Waals surface area contributed by atoms with E-state index in [-0.39, 0.29) is 0 Å². The number of hydrogen-bond acceptors (Lipinski definition) is 1. The second-order valence-corrected chi connectivity index (χ2v) is 7.42. The Hall–Kier alpha value is -2.02. The van der Waals surface area contributed by atoms with Crippen LogP contribution in [-0.2, 0) is 0 Å². The minimum Gasteiger partial charge on any atom is -0.497 e. The van der Waals surface area contributed by atoms with Gasteiger partial charge in [-0.25, -0.2) is 0 Å². The van der Waals surface area contributed by atoms with Gasteiger partial charge in [-0.05, 0) is 71.9 Å². The second kappa shape index (κ2) is 8.38. The second-order valence-electron chi connectivity index (χ2n) is 7.42. The summed E-state index contributed by atoms with van der Waals surface area (Å²) in [5.41, 5.74) is 5.41. The zero-order valence-corrected chi connectivity index (χ0v) is 15.8. The van der Waals surface area contributed by atoms with E-state index in [1.54, 1.807) is 7.11 Å². The molecule has 1 heteroatoms. The van der Waals surface area contributed by atoms with Crippen LogP contribution in [0.2, 0.25) is 0 Å². The Kier molecular flexibility index (Phi) is 5.96. The first-order chi connectivity index (χ1) is 12.2. The molecule has 0 saturated carbocycles. The number of hydrogen-bond donors (Lipinski definition) is 0. The fraction of sp³-hybridized carbons (Fsp3) is 0.417. The third-order valence-electron chi connectivity index (χ3n) is 5.63. The lowest BCUT2D eigenvalue weighted by Gasteiger charge is -2.24. The molecule has 0 amide bonds. The van der Waals surface area contributed by atoms with Crippen molar-refractivity contribution < 1.29 is 4.74 Å². The number of ether oxygens (including phenoxy) is 1. The normalized spacial score (nSPS) is 18.5. The lowest BCUT2D eigenvalue weighted by atomic mass is 9.81. The molecule has 1 aliphatic rings. The van der Waals surface area contributed by atoms with Crippen LogP contribution in [0.5, 0.6) is 5.75 Å². The summed E-state index contributed by atoms with van der Waals surface area (Å²) in [6.45, 7) is 4.69. The minimum absolute atomic E-state index is 0.865. The van der Waals surface area contributed by atoms with E-state index < -0.39 is 0 Å². The molecule has 0 radical (unpaired) electrons. The Morgan fingerprint density at radius 3 is 2.08 bits per heavy atom. The van der Waals surface area contributed by atoms with Crippen LogP contribution >= 0.6 is 0 Å². The summed E-state index contributed by atoms with van der Waals surface area (Å²) in [5.74, 6) is 2.65. The molecular weight excluding hydrogens is 304 g/mol. The van der Waals surface area contributed by atoms with Gasteiger partial charge in [-0.15, -0.1) is 0 Å². The molecule has 0 heterocycles. The summed E-state index contributed by atoms with van der Waals surface area (Å²) in [7, 11) is 1.70. The fourth-order valence-electron chi connectivity index (χ4n) is 3.76. The quantitative estimate of drug-likeness (QED) is 0.553. The molecule has 25 heavy (non-hydrogen) atoms. The lowest BCUT2D eigenvalue weighted by molar-refractivity contribution is 0.362. The van der Waals surface area contributed by atoms with E-state index in [0.29, 0.717) is 0 Å². The van der Waals surface area contributed by atoms with Crippen molar-refractivity contribution in [3.05, 3.63) is 60.2 Å². The minimum atomic E-state index is 0.865. The molecule has 132 valence electrons. The predicted molar refractivity (Wildman–Crippen MR) is 108 cm³/mol. The van der Waals surface area contributed by atoms with Gasteiger partial charge in [0.05, 0.1) is 7.11 Å². The lowest BCUT2D eigenvalue weighted by Crippen LogP contribution is -2.09. The van der Waals surface area contributed by atoms with Crippen molar-refractivity contribution in [2.75, 3.05) is 7.11 Å². The van der Waals surface area contributed by atoms with Crippen LogP contribution in [0.3, 0.4) is 0 Å². The molecule has 3 rings (SSSR count). The summed E-state index contributed by atoms with van der Waals surface area (Å²) < 4.78 is 5.24. The highest BCUT2D eigenvalue weighted by atomic mass is 16.5. The maximum atomic E-state index is 5.24. The molecule has 0 spiro atoms. The zero-order valence-electron chi connectivity index (χ0n) is 15.8. The highest BCUT2D eigenvalue weighted by Crippen LogP contribution is 2.34. The van der Waals surface area contributed by atoms with Crippen molar-refractivity contribution in [3.8, 4) is 16.9 Å². The molecular formula is C24H30O. The molecule has 0 aliphatic heterocycles. The molecule has 1 aliphatic carbocycles. The Morgan fingerprint density at radius 1 is 0.960 bits per heavy atom. The summed E-state index contributed by atoms with van der Waals surface area (Å²) in [6, 6.07) is 17.3. The van der Waals surface area contributed by atoms with Gasteiger partial charge in [0.25, 0.3) is 0 Å². The van der Waals surface area contributed by atoms with Gasteiger partial charge in [-0.2, -0.15) is 0 Å². The monoisotopic (exact) mass is 334 g/mol. The molecule has 0 aromatic heterocycles. The maximum Gasteiger partial charge on any atom is 0.118 e. The zero-order chi connectivity index (χ0) is 17.6. The van der Waals surface area contributed by atoms with Gasteiger partial charge in [0.15, 0.2) is 0 Å². The van der Waals surface area contributed by atoms with E-state index in [9.17, 15) is 0 Å². The number of rotatable bonds is 6. The van der Waals surface area contributed by atoms with Gasteiger partial charge in [0.2, 0.25) is 0 Å². The van der Waals surface area contributed by atoms with E-state index >= 15 is 0 Å². The largest absolute Gasteiger partial charge is 0.497 e. The molecule has 2 aromatic rings. The highest BCUT2D eigenvalue weighted by Gasteiger charge is 2.17. The van der Waals surface area contributed by atoms with Crippen LogP contribution in [0.1, 0.15) is 51.5 Å². The van der Waals surface area contributed by atoms with Gasteiger partial charge in [-0.1, -0.05) is 62.7 Å². The van der Waals surface area contributed by atoms with E-state index in [4.69, 9.17) is 4.74 Å². The van der Waals surface area contributed by atoms with Crippen molar-refractivity contribution in [2.45, 2.75) is 46.0 Å². The van der Waals surface area contributed by atoms with E-state index in [1.165, 1.54) is 54.4 Å². The van der Waals surface area contributed by atoms with Crippen molar-refractivity contribution >= 4 is 5.57 Å². The van der Waals surface area contributed by atoms with E-state index in [2.05, 4.69) is 56.3 Å². The Balaban J connectivity index is 1.66. The number of benzene rings is 2. The van der Waals surface area contributed by atoms with Crippen LogP contribution < -0.4 is 4.74 Å². The molecule has 0 N–H and O–H groups in total. The first-order valence-corrected chi connectivity index (χ1v) is 9.63. The van der Waals surface area contributed by atoms with Crippen molar-refractivity contribution in [2.24, 2.45) is 11.8 Å². The molecule has 2 aromatic carbocycles. The Morgan fingerprint density at radius 2 is 1.56 bits per heavy atom. The average Bonchev–Trinajstić information content (AvgIpc) is 2.69. The van der Waals surface area contributed by atoms with Gasteiger partial charge < -0.3 is 4.74 Å². The van der Waals surface area contributed by atoms with Crippen LogP contribution in [0.4, 0.5) is 0 Å². The summed E-state index contributed by atoms with van der Waals surface area (Å²) in [6.07, 6.45) is 8.99. The smallest absolute Gasteiger partial charge is 0.118 e. The van der Waals surface area contributed by atoms with E-state index in [1.807, 2.05) is 12.1 Å². The third kappa shape index (κ3) is 4.54. The van der Waals surface area contributed by atoms with Crippen LogP contribution in [0, 0.1) is 11.8 Å². The van der Waals surface area contributed by atoms with Crippen molar-refractivity contribution in [1.29, 1.82) is 0 Å². The van der Waals surface area contributed by atoms with Crippen molar-refractivity contribution in [3.63, 3.8) is 0 Å². The molecule has 0 fully saturated rings. The third-order valence-corrected chi connectivity index (χ3v) is 5.63. The van der Waals surface area contributed by atoms with Crippen LogP contribution in [0.15, 0.2) is 54.6 Å². The fourth-order valence-corrected chi connectivity index (χ4v) is 3.76. The molecule has 1 nitrogen and oxygen atoms in total. The maximum absolute atomic E-state index is 5.24. The molecule has 2 unspecified atom stereocenters. The molecule has 0 bridgehead atoms. The van der Waals surface area contributed by atoms with Crippen LogP contribution in [-0.4, -0.2) is 7.11 Å². The average molecular weight is 335 g/mol. The Bertz CT molecular complexity index is 694. The summed E-state index contributed by atoms with van der Waals surface area (Å²) in [4.78, 5) is 0. The number of allylic oxidation sites excluding steroid dienone is 2. The first kappa shape index (κ1) is 17.8. The van der Waals surface area contributed by atoms with Gasteiger partial charge in [0, 0.05) is 0 Å².